The molecule has 112 valence electrons. The third kappa shape index (κ3) is 4.50. The molecular formula is C17H32O2. The van der Waals surface area contributed by atoms with E-state index in [9.17, 15) is 9.90 Å². The molecule has 0 atom stereocenters. The van der Waals surface area contributed by atoms with Gasteiger partial charge in [-0.15, -0.1) is 0 Å². The number of carboxylic acid groups (broad SMARTS) is 1. The topological polar surface area (TPSA) is 37.3 Å². The number of hydrogen-bond acceptors (Lipinski definition) is 1. The number of carboxylic acids is 1. The van der Waals surface area contributed by atoms with Crippen molar-refractivity contribution in [2.24, 2.45) is 16.7 Å². The van der Waals surface area contributed by atoms with Crippen LogP contribution in [0.5, 0.6) is 0 Å². The van der Waals surface area contributed by atoms with Crippen LogP contribution in [0.1, 0.15) is 85.5 Å². The lowest BCUT2D eigenvalue weighted by molar-refractivity contribution is -0.153. The largest absolute Gasteiger partial charge is 0.481 e. The van der Waals surface area contributed by atoms with Gasteiger partial charge in [-0.05, 0) is 43.4 Å². The first-order chi connectivity index (χ1) is 8.82. The van der Waals surface area contributed by atoms with E-state index < -0.39 is 11.4 Å². The number of aliphatic carboxylic acids is 1. The van der Waals surface area contributed by atoms with Crippen LogP contribution in [0.15, 0.2) is 0 Å². The van der Waals surface area contributed by atoms with Crippen LogP contribution in [0.25, 0.3) is 0 Å². The predicted octanol–water partition coefficient (Wildman–Crippen LogP) is 5.26. The summed E-state index contributed by atoms with van der Waals surface area (Å²) in [4.78, 5) is 11.7. The first-order valence-corrected chi connectivity index (χ1v) is 8.05. The number of rotatable bonds is 6. The Bertz CT molecular complexity index is 280. The Hall–Kier alpha value is -0.530. The van der Waals surface area contributed by atoms with Crippen molar-refractivity contribution in [2.45, 2.75) is 85.5 Å². The van der Waals surface area contributed by atoms with Crippen LogP contribution >= 0.6 is 0 Å². The van der Waals surface area contributed by atoms with Crippen LogP contribution < -0.4 is 0 Å². The number of carbonyl (C=O) groups is 1. The molecule has 1 N–H and O–H groups in total. The van der Waals surface area contributed by atoms with Gasteiger partial charge in [-0.25, -0.2) is 0 Å². The lowest BCUT2D eigenvalue weighted by Gasteiger charge is -2.42. The second-order valence-electron chi connectivity index (χ2n) is 7.54. The summed E-state index contributed by atoms with van der Waals surface area (Å²) in [5.41, 5.74) is -0.0810. The fourth-order valence-corrected chi connectivity index (χ4v) is 3.50. The highest BCUT2D eigenvalue weighted by molar-refractivity contribution is 5.74. The van der Waals surface area contributed by atoms with Gasteiger partial charge in [0.05, 0.1) is 5.41 Å². The smallest absolute Gasteiger partial charge is 0.309 e. The lowest BCUT2D eigenvalue weighted by atomic mass is 9.62. The van der Waals surface area contributed by atoms with E-state index in [1.165, 1.54) is 19.3 Å². The SMILES string of the molecule is CCCCCCC1(C(=O)O)CCC(C(C)(C)C)CC1. The maximum atomic E-state index is 11.7. The normalized spacial score (nSPS) is 28.3. The molecule has 0 radical (unpaired) electrons. The van der Waals surface area contributed by atoms with Crippen molar-refractivity contribution >= 4 is 5.97 Å². The summed E-state index contributed by atoms with van der Waals surface area (Å²) in [5, 5.41) is 9.63. The van der Waals surface area contributed by atoms with E-state index >= 15 is 0 Å². The van der Waals surface area contributed by atoms with Crippen molar-refractivity contribution in [3.05, 3.63) is 0 Å². The first-order valence-electron chi connectivity index (χ1n) is 8.05. The van der Waals surface area contributed by atoms with Crippen molar-refractivity contribution in [3.8, 4) is 0 Å². The Morgan fingerprint density at radius 2 is 1.74 bits per heavy atom. The Labute approximate surface area is 119 Å². The van der Waals surface area contributed by atoms with Crippen LogP contribution in [-0.4, -0.2) is 11.1 Å². The third-order valence-corrected chi connectivity index (χ3v) is 5.13. The molecule has 1 fully saturated rings. The minimum Gasteiger partial charge on any atom is -0.481 e. The van der Waals surface area contributed by atoms with E-state index in [1.807, 2.05) is 0 Å². The molecule has 1 aliphatic carbocycles. The second kappa shape index (κ2) is 6.76. The van der Waals surface area contributed by atoms with E-state index in [0.29, 0.717) is 11.3 Å². The second-order valence-corrected chi connectivity index (χ2v) is 7.54. The van der Waals surface area contributed by atoms with Gasteiger partial charge < -0.3 is 5.11 Å². The molecule has 0 bridgehead atoms. The zero-order valence-electron chi connectivity index (χ0n) is 13.3. The summed E-state index contributed by atoms with van der Waals surface area (Å²) in [5.74, 6) is 0.145. The molecule has 0 heterocycles. The van der Waals surface area contributed by atoms with Crippen LogP contribution in [0.2, 0.25) is 0 Å². The maximum Gasteiger partial charge on any atom is 0.309 e. The highest BCUT2D eigenvalue weighted by Crippen LogP contribution is 2.47. The molecule has 2 nitrogen and oxygen atoms in total. The molecule has 0 spiro atoms. The van der Waals surface area contributed by atoms with E-state index in [-0.39, 0.29) is 0 Å². The van der Waals surface area contributed by atoms with Crippen LogP contribution in [-0.2, 0) is 4.79 Å². The van der Waals surface area contributed by atoms with Gasteiger partial charge in [-0.1, -0.05) is 53.4 Å². The summed E-state index contributed by atoms with van der Waals surface area (Å²) < 4.78 is 0. The summed E-state index contributed by atoms with van der Waals surface area (Å²) >= 11 is 0. The fourth-order valence-electron chi connectivity index (χ4n) is 3.50. The molecule has 1 saturated carbocycles. The minimum atomic E-state index is -0.545. The number of unbranched alkanes of at least 4 members (excludes halogenated alkanes) is 3. The average Bonchev–Trinajstić information content (AvgIpc) is 2.34. The molecule has 0 amide bonds. The molecule has 19 heavy (non-hydrogen) atoms. The fraction of sp³-hybridized carbons (Fsp3) is 0.941. The summed E-state index contributed by atoms with van der Waals surface area (Å²) in [7, 11) is 0. The number of hydrogen-bond donors (Lipinski definition) is 1. The van der Waals surface area contributed by atoms with E-state index in [1.54, 1.807) is 0 Å². The van der Waals surface area contributed by atoms with Crippen molar-refractivity contribution in [1.29, 1.82) is 0 Å². The van der Waals surface area contributed by atoms with E-state index in [2.05, 4.69) is 27.7 Å². The Morgan fingerprint density at radius 3 is 2.16 bits per heavy atom. The zero-order chi connectivity index (χ0) is 14.5. The molecule has 2 heteroatoms. The van der Waals surface area contributed by atoms with Gasteiger partial charge in [0.1, 0.15) is 0 Å². The highest BCUT2D eigenvalue weighted by Gasteiger charge is 2.43. The monoisotopic (exact) mass is 268 g/mol. The summed E-state index contributed by atoms with van der Waals surface area (Å²) in [6.45, 7) is 9.05. The summed E-state index contributed by atoms with van der Waals surface area (Å²) in [6.07, 6.45) is 9.56. The molecule has 0 aliphatic heterocycles. The Kier molecular flexibility index (Phi) is 5.88. The molecule has 0 unspecified atom stereocenters. The Morgan fingerprint density at radius 1 is 1.16 bits per heavy atom. The quantitative estimate of drug-likeness (QED) is 0.667. The van der Waals surface area contributed by atoms with Crippen molar-refractivity contribution in [1.82, 2.24) is 0 Å². The van der Waals surface area contributed by atoms with E-state index in [0.717, 1.165) is 38.5 Å². The maximum absolute atomic E-state index is 11.7. The zero-order valence-corrected chi connectivity index (χ0v) is 13.3. The van der Waals surface area contributed by atoms with E-state index in [4.69, 9.17) is 0 Å². The van der Waals surface area contributed by atoms with Crippen LogP contribution in [0.4, 0.5) is 0 Å². The predicted molar refractivity (Wildman–Crippen MR) is 80.2 cm³/mol. The van der Waals surface area contributed by atoms with Gasteiger partial charge in [-0.3, -0.25) is 4.79 Å². The van der Waals surface area contributed by atoms with Gasteiger partial charge in [0.15, 0.2) is 0 Å². The van der Waals surface area contributed by atoms with Crippen LogP contribution in [0, 0.1) is 16.7 Å². The Balaban J connectivity index is 2.54. The van der Waals surface area contributed by atoms with Crippen molar-refractivity contribution < 1.29 is 9.90 Å². The van der Waals surface area contributed by atoms with Gasteiger partial charge in [0.2, 0.25) is 0 Å². The standard InChI is InChI=1S/C17H32O2/c1-5-6-7-8-11-17(15(18)19)12-9-14(10-13-17)16(2,3)4/h14H,5-13H2,1-4H3,(H,18,19). The van der Waals surface area contributed by atoms with Gasteiger partial charge in [0.25, 0.3) is 0 Å². The lowest BCUT2D eigenvalue weighted by Crippen LogP contribution is -2.38. The molecule has 0 aromatic heterocycles. The molecule has 0 aromatic carbocycles. The average molecular weight is 268 g/mol. The highest BCUT2D eigenvalue weighted by atomic mass is 16.4. The van der Waals surface area contributed by atoms with Gasteiger partial charge in [0, 0.05) is 0 Å². The molecule has 0 aromatic rings. The molecule has 0 saturated heterocycles. The molecule has 1 aliphatic rings. The minimum absolute atomic E-state index is 0.326. The summed E-state index contributed by atoms with van der Waals surface area (Å²) in [6, 6.07) is 0. The third-order valence-electron chi connectivity index (χ3n) is 5.13. The molecule has 1 rings (SSSR count). The van der Waals surface area contributed by atoms with Gasteiger partial charge in [-0.2, -0.15) is 0 Å². The molecular weight excluding hydrogens is 236 g/mol. The first kappa shape index (κ1) is 16.5. The van der Waals surface area contributed by atoms with Gasteiger partial charge >= 0.3 is 5.97 Å². The van der Waals surface area contributed by atoms with Crippen molar-refractivity contribution in [3.63, 3.8) is 0 Å². The van der Waals surface area contributed by atoms with Crippen LogP contribution in [0.3, 0.4) is 0 Å². The van der Waals surface area contributed by atoms with Crippen molar-refractivity contribution in [2.75, 3.05) is 0 Å².